The van der Waals surface area contributed by atoms with Crippen molar-refractivity contribution in [2.75, 3.05) is 12.4 Å². The zero-order chi connectivity index (χ0) is 11.3. The fourth-order valence-electron chi connectivity index (χ4n) is 1.01. The van der Waals surface area contributed by atoms with Gasteiger partial charge >= 0.3 is 0 Å². The number of nitriles is 1. The van der Waals surface area contributed by atoms with E-state index in [4.69, 9.17) is 10.4 Å². The zero-order valence-electron chi connectivity index (χ0n) is 7.71. The van der Waals surface area contributed by atoms with Crippen LogP contribution in [0.2, 0.25) is 0 Å². The van der Waals surface area contributed by atoms with Crippen molar-refractivity contribution in [2.45, 2.75) is 4.90 Å². The topological polar surface area (TPSA) is 87.2 Å². The van der Waals surface area contributed by atoms with E-state index >= 15 is 0 Å². The van der Waals surface area contributed by atoms with Gasteiger partial charge in [0.05, 0.1) is 28.1 Å². The number of hydrogen-bond donors (Lipinski definition) is 1. The molecule has 1 rings (SSSR count). The van der Waals surface area contributed by atoms with Crippen molar-refractivity contribution in [3.63, 3.8) is 0 Å². The smallest absolute Gasteiger partial charge is 0.282 e. The first-order chi connectivity index (χ1) is 7.19. The summed E-state index contributed by atoms with van der Waals surface area (Å²) in [4.78, 5) is 10.5. The number of thioether (sulfide) groups is 1. The van der Waals surface area contributed by atoms with Gasteiger partial charge < -0.3 is 5.11 Å². The van der Waals surface area contributed by atoms with Crippen LogP contribution in [0, 0.1) is 21.4 Å². The molecule has 0 bridgehead atoms. The van der Waals surface area contributed by atoms with Gasteiger partial charge in [0.1, 0.15) is 0 Å². The second kappa shape index (κ2) is 5.34. The third-order valence-electron chi connectivity index (χ3n) is 1.63. The molecular weight excluding hydrogens is 216 g/mol. The molecule has 0 saturated carbocycles. The van der Waals surface area contributed by atoms with E-state index in [1.54, 1.807) is 0 Å². The summed E-state index contributed by atoms with van der Waals surface area (Å²) in [6, 6.07) is 6.08. The summed E-state index contributed by atoms with van der Waals surface area (Å²) < 4.78 is 0. The minimum Gasteiger partial charge on any atom is -0.396 e. The number of aliphatic hydroxyl groups excluding tert-OH is 1. The lowest BCUT2D eigenvalue weighted by Crippen LogP contribution is -1.93. The second-order valence-corrected chi connectivity index (χ2v) is 3.76. The van der Waals surface area contributed by atoms with E-state index in [0.29, 0.717) is 16.2 Å². The molecule has 5 nitrogen and oxygen atoms in total. The molecule has 0 amide bonds. The van der Waals surface area contributed by atoms with Gasteiger partial charge in [0.15, 0.2) is 0 Å². The van der Waals surface area contributed by atoms with Crippen molar-refractivity contribution in [3.8, 4) is 6.07 Å². The molecule has 1 aromatic carbocycles. The Morgan fingerprint density at radius 1 is 1.60 bits per heavy atom. The second-order valence-electron chi connectivity index (χ2n) is 2.62. The molecule has 0 radical (unpaired) electrons. The average Bonchev–Trinajstić information content (AvgIpc) is 2.25. The molecule has 0 aliphatic rings. The van der Waals surface area contributed by atoms with Crippen molar-refractivity contribution in [1.29, 1.82) is 5.26 Å². The Bertz CT molecular complexity index is 414. The summed E-state index contributed by atoms with van der Waals surface area (Å²) >= 11 is 1.16. The highest BCUT2D eigenvalue weighted by molar-refractivity contribution is 7.99. The van der Waals surface area contributed by atoms with Crippen LogP contribution in [0.5, 0.6) is 0 Å². The van der Waals surface area contributed by atoms with Crippen LogP contribution >= 0.6 is 11.8 Å². The van der Waals surface area contributed by atoms with E-state index in [1.165, 1.54) is 18.2 Å². The lowest BCUT2D eigenvalue weighted by Gasteiger charge is -2.01. The number of nitro groups is 1. The molecule has 0 atom stereocenters. The fraction of sp³-hybridized carbons (Fsp3) is 0.222. The maximum absolute atomic E-state index is 10.6. The summed E-state index contributed by atoms with van der Waals surface area (Å²) in [6.45, 7) is -0.0569. The summed E-state index contributed by atoms with van der Waals surface area (Å²) in [5.74, 6) is 0.371. The van der Waals surface area contributed by atoms with Crippen LogP contribution in [0.1, 0.15) is 5.56 Å². The van der Waals surface area contributed by atoms with Crippen molar-refractivity contribution in [2.24, 2.45) is 0 Å². The average molecular weight is 224 g/mol. The van der Waals surface area contributed by atoms with Crippen LogP contribution in [0.3, 0.4) is 0 Å². The summed E-state index contributed by atoms with van der Waals surface area (Å²) in [7, 11) is 0. The lowest BCUT2D eigenvalue weighted by molar-refractivity contribution is -0.387. The fourth-order valence-corrected chi connectivity index (χ4v) is 1.82. The van der Waals surface area contributed by atoms with Crippen LogP contribution in [0.25, 0.3) is 0 Å². The van der Waals surface area contributed by atoms with E-state index < -0.39 is 4.92 Å². The predicted molar refractivity (Wildman–Crippen MR) is 55.6 cm³/mol. The first-order valence-corrected chi connectivity index (χ1v) is 5.10. The maximum Gasteiger partial charge on any atom is 0.282 e. The number of nitro benzene ring substituents is 1. The van der Waals surface area contributed by atoms with E-state index in [2.05, 4.69) is 0 Å². The van der Waals surface area contributed by atoms with Crippen molar-refractivity contribution in [3.05, 3.63) is 33.9 Å². The SMILES string of the molecule is N#Cc1ccc([N+](=O)[O-])c(SCCO)c1. The Morgan fingerprint density at radius 2 is 2.33 bits per heavy atom. The van der Waals surface area contributed by atoms with Gasteiger partial charge in [0.2, 0.25) is 0 Å². The Hall–Kier alpha value is -1.58. The van der Waals surface area contributed by atoms with Gasteiger partial charge in [-0.1, -0.05) is 0 Å². The normalized spacial score (nSPS) is 9.60. The van der Waals surface area contributed by atoms with Gasteiger partial charge in [-0.2, -0.15) is 5.26 Å². The van der Waals surface area contributed by atoms with E-state index in [9.17, 15) is 10.1 Å². The first-order valence-electron chi connectivity index (χ1n) is 4.11. The molecule has 0 heterocycles. The largest absolute Gasteiger partial charge is 0.396 e. The quantitative estimate of drug-likeness (QED) is 0.476. The van der Waals surface area contributed by atoms with Crippen LogP contribution in [-0.2, 0) is 0 Å². The Kier molecular flexibility index (Phi) is 4.09. The number of nitrogens with zero attached hydrogens (tertiary/aromatic N) is 2. The molecule has 1 N–H and O–H groups in total. The highest BCUT2D eigenvalue weighted by Gasteiger charge is 2.14. The van der Waals surface area contributed by atoms with Gasteiger partial charge in [-0.3, -0.25) is 10.1 Å². The lowest BCUT2D eigenvalue weighted by atomic mass is 10.2. The molecule has 0 aliphatic carbocycles. The molecule has 0 aliphatic heterocycles. The van der Waals surface area contributed by atoms with Gasteiger partial charge in [0, 0.05) is 11.8 Å². The molecule has 6 heteroatoms. The minimum absolute atomic E-state index is 0.0348. The van der Waals surface area contributed by atoms with Gasteiger partial charge in [0.25, 0.3) is 5.69 Å². The number of aliphatic hydroxyl groups is 1. The highest BCUT2D eigenvalue weighted by Crippen LogP contribution is 2.29. The molecule has 0 unspecified atom stereocenters. The standard InChI is InChI=1S/C9H8N2O3S/c10-6-7-1-2-8(11(13)14)9(5-7)15-4-3-12/h1-2,5,12H,3-4H2. The monoisotopic (exact) mass is 224 g/mol. The van der Waals surface area contributed by atoms with Crippen LogP contribution in [0.4, 0.5) is 5.69 Å². The van der Waals surface area contributed by atoms with Gasteiger partial charge in [-0.15, -0.1) is 11.8 Å². The molecule has 0 aromatic heterocycles. The van der Waals surface area contributed by atoms with Crippen LogP contribution in [0.15, 0.2) is 23.1 Å². The molecular formula is C9H8N2O3S. The molecule has 0 fully saturated rings. The molecule has 15 heavy (non-hydrogen) atoms. The number of rotatable bonds is 4. The first kappa shape index (κ1) is 11.5. The summed E-state index contributed by atoms with van der Waals surface area (Å²) in [5, 5.41) is 27.9. The zero-order valence-corrected chi connectivity index (χ0v) is 8.53. The van der Waals surface area contributed by atoms with Gasteiger partial charge in [-0.25, -0.2) is 0 Å². The van der Waals surface area contributed by atoms with Crippen LogP contribution < -0.4 is 0 Å². The van der Waals surface area contributed by atoms with E-state index in [-0.39, 0.29) is 12.3 Å². The maximum atomic E-state index is 10.6. The Balaban J connectivity index is 3.06. The Morgan fingerprint density at radius 3 is 2.87 bits per heavy atom. The van der Waals surface area contributed by atoms with E-state index in [1.807, 2.05) is 6.07 Å². The molecule has 78 valence electrons. The van der Waals surface area contributed by atoms with Crippen LogP contribution in [-0.4, -0.2) is 22.4 Å². The van der Waals surface area contributed by atoms with Crippen molar-refractivity contribution < 1.29 is 10.0 Å². The molecule has 1 aromatic rings. The third-order valence-corrected chi connectivity index (χ3v) is 2.66. The minimum atomic E-state index is -0.499. The highest BCUT2D eigenvalue weighted by atomic mass is 32.2. The van der Waals surface area contributed by atoms with Gasteiger partial charge in [-0.05, 0) is 12.1 Å². The number of hydrogen-bond acceptors (Lipinski definition) is 5. The predicted octanol–water partition coefficient (Wildman–Crippen LogP) is 1.55. The summed E-state index contributed by atoms with van der Waals surface area (Å²) in [5.41, 5.74) is 0.341. The van der Waals surface area contributed by atoms with Crippen molar-refractivity contribution in [1.82, 2.24) is 0 Å². The number of benzene rings is 1. The van der Waals surface area contributed by atoms with E-state index in [0.717, 1.165) is 11.8 Å². The molecule has 0 saturated heterocycles. The Labute approximate surface area is 90.5 Å². The summed E-state index contributed by atoms with van der Waals surface area (Å²) in [6.07, 6.45) is 0. The molecule has 0 spiro atoms. The third kappa shape index (κ3) is 2.94. The van der Waals surface area contributed by atoms with Crippen molar-refractivity contribution >= 4 is 17.4 Å².